The van der Waals surface area contributed by atoms with Crippen LogP contribution in [-0.2, 0) is 30.4 Å². The summed E-state index contributed by atoms with van der Waals surface area (Å²) in [6.45, 7) is 5.34. The van der Waals surface area contributed by atoms with Crippen molar-refractivity contribution < 1.29 is 18.4 Å². The Morgan fingerprint density at radius 3 is 2.02 bits per heavy atom. The van der Waals surface area contributed by atoms with E-state index in [9.17, 15) is 9.36 Å². The molecule has 3 N–H and O–H groups in total. The van der Waals surface area contributed by atoms with Gasteiger partial charge in [0.2, 0.25) is 5.91 Å². The smallest absolute Gasteiger partial charge is 0.330 e. The first-order valence-corrected chi connectivity index (χ1v) is 16.2. The number of nitrogens with two attached hydrogens (primary N) is 1. The van der Waals surface area contributed by atoms with Gasteiger partial charge < -0.3 is 20.1 Å². The average molecular weight is 564 g/mol. The molecule has 2 aromatic carbocycles. The summed E-state index contributed by atoms with van der Waals surface area (Å²) in [6, 6.07) is 19.9. The number of pyridine rings is 1. The quantitative estimate of drug-likeness (QED) is 0.141. The number of nitrogen functional groups attached to an aromatic ring is 1. The molecule has 0 atom stereocenters. The lowest BCUT2D eigenvalue weighted by Gasteiger charge is -2.31. The molecule has 0 saturated carbocycles. The summed E-state index contributed by atoms with van der Waals surface area (Å²) < 4.78 is 25.1. The molecule has 1 aromatic heterocycles. The summed E-state index contributed by atoms with van der Waals surface area (Å²) in [5.74, 6) is -0.0647. The third kappa shape index (κ3) is 6.83. The van der Waals surface area contributed by atoms with Crippen molar-refractivity contribution in [1.82, 2.24) is 10.3 Å². The number of aromatic nitrogens is 1. The van der Waals surface area contributed by atoms with E-state index >= 15 is 0 Å². The summed E-state index contributed by atoms with van der Waals surface area (Å²) in [4.78, 5) is 18.6. The second-order valence-corrected chi connectivity index (χ2v) is 12.6. The zero-order valence-corrected chi connectivity index (χ0v) is 24.6. The minimum absolute atomic E-state index is 0.0647. The lowest BCUT2D eigenvalue weighted by Crippen LogP contribution is -2.44. The topological polar surface area (TPSA) is 104 Å². The van der Waals surface area contributed by atoms with Crippen LogP contribution in [0.5, 0.6) is 0 Å². The second-order valence-electron chi connectivity index (χ2n) is 10.4. The van der Waals surface area contributed by atoms with Crippen molar-refractivity contribution >= 4 is 19.2 Å². The molecular formula is C32H42N3O4P. The van der Waals surface area contributed by atoms with Gasteiger partial charge in [0.1, 0.15) is 5.41 Å². The van der Waals surface area contributed by atoms with E-state index in [4.69, 9.17) is 14.8 Å². The fraction of sp³-hybridized carbons (Fsp3) is 0.438. The molecule has 7 nitrogen and oxygen atoms in total. The Kier molecular flexibility index (Phi) is 10.5. The number of nitrogens with zero attached hydrogens (tertiary/aromatic N) is 1. The van der Waals surface area contributed by atoms with Gasteiger partial charge in [-0.3, -0.25) is 14.3 Å². The second kappa shape index (κ2) is 14.1. The van der Waals surface area contributed by atoms with Gasteiger partial charge in [0.15, 0.2) is 0 Å². The fourth-order valence-electron chi connectivity index (χ4n) is 5.37. The molecule has 214 valence electrons. The van der Waals surface area contributed by atoms with Gasteiger partial charge in [-0.1, -0.05) is 81.6 Å². The third-order valence-electron chi connectivity index (χ3n) is 7.53. The van der Waals surface area contributed by atoms with E-state index in [0.717, 1.165) is 53.6 Å². The molecule has 4 rings (SSSR count). The Balaban J connectivity index is 1.55. The molecule has 0 bridgehead atoms. The van der Waals surface area contributed by atoms with E-state index in [0.29, 0.717) is 50.9 Å². The van der Waals surface area contributed by atoms with Crippen LogP contribution in [0.25, 0.3) is 11.1 Å². The van der Waals surface area contributed by atoms with E-state index in [1.54, 1.807) is 12.3 Å². The van der Waals surface area contributed by atoms with Crippen molar-refractivity contribution in [2.24, 2.45) is 0 Å². The maximum Gasteiger partial charge on any atom is 0.330 e. The minimum Gasteiger partial charge on any atom is -0.397 e. The zero-order valence-electron chi connectivity index (χ0n) is 23.7. The molecule has 0 fully saturated rings. The van der Waals surface area contributed by atoms with Crippen LogP contribution in [0.2, 0.25) is 0 Å². The zero-order chi connectivity index (χ0) is 28.4. The van der Waals surface area contributed by atoms with Gasteiger partial charge in [-0.05, 0) is 60.1 Å². The number of amides is 1. The minimum atomic E-state index is -3.19. The Morgan fingerprint density at radius 1 is 0.875 bits per heavy atom. The molecule has 0 radical (unpaired) electrons. The summed E-state index contributed by atoms with van der Waals surface area (Å²) in [5, 5.41) is 3.16. The highest BCUT2D eigenvalue weighted by atomic mass is 31.2. The standard InChI is InChI=1S/C32H42N3O4P/c1-3-5-20-38-40(37,39-21-6-4-2)22-12-11-19-32(31(36)35-24-26-18-17-25(33)23-34-26)29-15-9-7-13-27(29)28-14-8-10-16-30(28)32/h7-10,13-18,23H,3-6,11-12,19-22,24,33H2,1-2H3,(H,35,36). The van der Waals surface area contributed by atoms with Gasteiger partial charge in [-0.25, -0.2) is 0 Å². The highest BCUT2D eigenvalue weighted by Gasteiger charge is 2.48. The molecule has 0 aliphatic heterocycles. The average Bonchev–Trinajstić information content (AvgIpc) is 3.26. The van der Waals surface area contributed by atoms with Gasteiger partial charge in [-0.2, -0.15) is 0 Å². The Labute approximate surface area is 238 Å². The first-order chi connectivity index (χ1) is 19.4. The normalized spacial score (nSPS) is 13.6. The summed E-state index contributed by atoms with van der Waals surface area (Å²) in [6.07, 6.45) is 7.47. The lowest BCUT2D eigenvalue weighted by atomic mass is 9.73. The molecule has 3 aromatic rings. The van der Waals surface area contributed by atoms with Crippen molar-refractivity contribution in [3.63, 3.8) is 0 Å². The third-order valence-corrected chi connectivity index (χ3v) is 9.55. The molecule has 0 spiro atoms. The van der Waals surface area contributed by atoms with Crippen LogP contribution in [0.1, 0.15) is 75.6 Å². The van der Waals surface area contributed by atoms with Gasteiger partial charge in [0, 0.05) is 0 Å². The monoisotopic (exact) mass is 563 g/mol. The molecular weight excluding hydrogens is 521 g/mol. The highest BCUT2D eigenvalue weighted by molar-refractivity contribution is 7.53. The largest absolute Gasteiger partial charge is 0.397 e. The van der Waals surface area contributed by atoms with E-state index < -0.39 is 13.0 Å². The molecule has 40 heavy (non-hydrogen) atoms. The van der Waals surface area contributed by atoms with Crippen molar-refractivity contribution in [2.45, 2.75) is 70.8 Å². The fourth-order valence-corrected chi connectivity index (χ4v) is 7.13. The number of anilines is 1. The van der Waals surface area contributed by atoms with E-state index in [1.807, 2.05) is 30.3 Å². The number of carbonyl (C=O) groups excluding carboxylic acids is 1. The van der Waals surface area contributed by atoms with E-state index in [-0.39, 0.29) is 5.91 Å². The predicted molar refractivity (Wildman–Crippen MR) is 161 cm³/mol. The summed E-state index contributed by atoms with van der Waals surface area (Å²) in [5.41, 5.74) is 10.4. The van der Waals surface area contributed by atoms with E-state index in [2.05, 4.69) is 48.4 Å². The highest BCUT2D eigenvalue weighted by Crippen LogP contribution is 2.53. The van der Waals surface area contributed by atoms with Crippen LogP contribution < -0.4 is 11.1 Å². The van der Waals surface area contributed by atoms with Crippen LogP contribution in [-0.4, -0.2) is 30.3 Å². The summed E-state index contributed by atoms with van der Waals surface area (Å²) >= 11 is 0. The van der Waals surface area contributed by atoms with Crippen LogP contribution in [0.4, 0.5) is 5.69 Å². The van der Waals surface area contributed by atoms with Crippen molar-refractivity contribution in [2.75, 3.05) is 25.1 Å². The summed E-state index contributed by atoms with van der Waals surface area (Å²) in [7, 11) is -3.19. The van der Waals surface area contributed by atoms with E-state index in [1.165, 1.54) is 0 Å². The molecule has 1 amide bonds. The number of benzene rings is 2. The van der Waals surface area contributed by atoms with Crippen LogP contribution in [0, 0.1) is 0 Å². The number of hydrogen-bond donors (Lipinski definition) is 2. The van der Waals surface area contributed by atoms with Gasteiger partial charge >= 0.3 is 7.60 Å². The number of unbranched alkanes of at least 4 members (excludes halogenated alkanes) is 3. The lowest BCUT2D eigenvalue weighted by molar-refractivity contribution is -0.125. The maximum absolute atomic E-state index is 14.2. The molecule has 0 unspecified atom stereocenters. The van der Waals surface area contributed by atoms with Crippen LogP contribution in [0.15, 0.2) is 66.9 Å². The van der Waals surface area contributed by atoms with Gasteiger partial charge in [0.05, 0.1) is 43.5 Å². The molecule has 8 heteroatoms. The molecule has 1 aliphatic rings. The number of fused-ring (bicyclic) bond motifs is 3. The van der Waals surface area contributed by atoms with Crippen molar-refractivity contribution in [3.8, 4) is 11.1 Å². The van der Waals surface area contributed by atoms with Gasteiger partial charge in [0.25, 0.3) is 0 Å². The predicted octanol–water partition coefficient (Wildman–Crippen LogP) is 7.24. The van der Waals surface area contributed by atoms with Crippen LogP contribution in [0.3, 0.4) is 0 Å². The SMILES string of the molecule is CCCCOP(=O)(CCCCC1(C(=O)NCc2ccc(N)cn2)c2ccccc2-c2ccccc21)OCCCC. The molecule has 1 aliphatic carbocycles. The van der Waals surface area contributed by atoms with Crippen molar-refractivity contribution in [1.29, 1.82) is 0 Å². The number of carbonyl (C=O) groups is 1. The molecule has 0 saturated heterocycles. The number of nitrogens with one attached hydrogen (secondary N) is 1. The Hall–Kier alpha value is -2.99. The van der Waals surface area contributed by atoms with Crippen molar-refractivity contribution in [3.05, 3.63) is 83.7 Å². The Morgan fingerprint density at radius 2 is 1.48 bits per heavy atom. The first-order valence-electron chi connectivity index (χ1n) is 14.5. The number of rotatable bonds is 16. The van der Waals surface area contributed by atoms with Crippen LogP contribution >= 0.6 is 7.60 Å². The van der Waals surface area contributed by atoms with Gasteiger partial charge in [-0.15, -0.1) is 0 Å². The maximum atomic E-state index is 14.2. The first kappa shape index (κ1) is 30.0. The molecule has 1 heterocycles. The Bertz CT molecular complexity index is 1250. The number of hydrogen-bond acceptors (Lipinski definition) is 6.